The molecule has 1 aliphatic carbocycles. The number of nitrogens with one attached hydrogen (secondary N) is 1. The van der Waals surface area contributed by atoms with Crippen molar-refractivity contribution in [2.24, 2.45) is 0 Å². The largest absolute Gasteiger partial charge is 0.501 e. The molecule has 0 atom stereocenters. The predicted octanol–water partition coefficient (Wildman–Crippen LogP) is 1.64. The summed E-state index contributed by atoms with van der Waals surface area (Å²) in [5, 5.41) is 0. The summed E-state index contributed by atoms with van der Waals surface area (Å²) < 4.78 is 5.16. The molecule has 0 amide bonds. The van der Waals surface area contributed by atoms with Crippen LogP contribution < -0.4 is 0 Å². The first-order valence-corrected chi connectivity index (χ1v) is 3.78. The molecule has 0 unspecified atom stereocenters. The number of allylic oxidation sites excluding steroid dienone is 2. The highest BCUT2D eigenvalue weighted by molar-refractivity contribution is 5.30. The molecule has 1 aromatic rings. The lowest BCUT2D eigenvalue weighted by Gasteiger charge is -2.11. The molecular formula is C9H11NO. The summed E-state index contributed by atoms with van der Waals surface area (Å²) in [6.07, 6.45) is 6.04. The average Bonchev–Trinajstić information content (AvgIpc) is 2.50. The number of fused-ring (bicyclic) bond motifs is 1. The lowest BCUT2D eigenvalue weighted by Crippen LogP contribution is -2.02. The minimum Gasteiger partial charge on any atom is -0.501 e. The molecule has 2 heteroatoms. The lowest BCUT2D eigenvalue weighted by molar-refractivity contribution is 0.279. The van der Waals surface area contributed by atoms with Crippen molar-refractivity contribution in [2.75, 3.05) is 7.11 Å². The van der Waals surface area contributed by atoms with Crippen LogP contribution in [0.15, 0.2) is 24.1 Å². The first-order chi connectivity index (χ1) is 5.40. The van der Waals surface area contributed by atoms with Crippen LogP contribution in [-0.4, -0.2) is 12.1 Å². The van der Waals surface area contributed by atoms with Gasteiger partial charge in [0, 0.05) is 18.3 Å². The highest BCUT2D eigenvalue weighted by Gasteiger charge is 2.10. The summed E-state index contributed by atoms with van der Waals surface area (Å²) in [4.78, 5) is 3.20. The SMILES string of the molecule is COC1=CCc2cc[nH]c2C1. The molecule has 0 aliphatic heterocycles. The van der Waals surface area contributed by atoms with E-state index in [9.17, 15) is 0 Å². The molecular weight excluding hydrogens is 138 g/mol. The summed E-state index contributed by atoms with van der Waals surface area (Å²) in [6, 6.07) is 2.12. The number of hydrogen-bond donors (Lipinski definition) is 1. The van der Waals surface area contributed by atoms with E-state index >= 15 is 0 Å². The zero-order valence-electron chi connectivity index (χ0n) is 6.55. The number of H-pyrrole nitrogens is 1. The van der Waals surface area contributed by atoms with Crippen molar-refractivity contribution < 1.29 is 4.74 Å². The average molecular weight is 149 g/mol. The molecule has 0 radical (unpaired) electrons. The number of ether oxygens (including phenoxy) is 1. The molecule has 0 saturated heterocycles. The van der Waals surface area contributed by atoms with Crippen LogP contribution in [0.25, 0.3) is 0 Å². The summed E-state index contributed by atoms with van der Waals surface area (Å²) in [5.41, 5.74) is 2.69. The Morgan fingerprint density at radius 2 is 2.45 bits per heavy atom. The zero-order valence-corrected chi connectivity index (χ0v) is 6.55. The Morgan fingerprint density at radius 3 is 3.27 bits per heavy atom. The molecule has 0 spiro atoms. The van der Waals surface area contributed by atoms with E-state index < -0.39 is 0 Å². The first kappa shape index (κ1) is 6.53. The van der Waals surface area contributed by atoms with Gasteiger partial charge in [0.05, 0.1) is 12.9 Å². The molecule has 0 fully saturated rings. The summed E-state index contributed by atoms with van der Waals surface area (Å²) in [5.74, 6) is 1.07. The van der Waals surface area contributed by atoms with Crippen molar-refractivity contribution in [3.8, 4) is 0 Å². The standard InChI is InChI=1S/C9H11NO/c1-11-8-3-2-7-4-5-10-9(7)6-8/h3-5,10H,2,6H2,1H3. The topological polar surface area (TPSA) is 25.0 Å². The van der Waals surface area contributed by atoms with Crippen LogP contribution in [0.4, 0.5) is 0 Å². The Balaban J connectivity index is 2.27. The van der Waals surface area contributed by atoms with Gasteiger partial charge < -0.3 is 9.72 Å². The minimum atomic E-state index is 0.916. The van der Waals surface area contributed by atoms with Crippen molar-refractivity contribution in [1.29, 1.82) is 0 Å². The van der Waals surface area contributed by atoms with Crippen molar-refractivity contribution in [1.82, 2.24) is 4.98 Å². The highest BCUT2D eigenvalue weighted by Crippen LogP contribution is 2.19. The maximum Gasteiger partial charge on any atom is 0.0977 e. The molecule has 1 heterocycles. The molecule has 58 valence electrons. The molecule has 11 heavy (non-hydrogen) atoms. The smallest absolute Gasteiger partial charge is 0.0977 e. The normalized spacial score (nSPS) is 15.5. The van der Waals surface area contributed by atoms with Crippen LogP contribution >= 0.6 is 0 Å². The Bertz CT molecular complexity index is 286. The van der Waals surface area contributed by atoms with Gasteiger partial charge in [0.2, 0.25) is 0 Å². The van der Waals surface area contributed by atoms with Gasteiger partial charge in [-0.05, 0) is 24.1 Å². The molecule has 0 saturated carbocycles. The van der Waals surface area contributed by atoms with Gasteiger partial charge >= 0.3 is 0 Å². The lowest BCUT2D eigenvalue weighted by atomic mass is 10.0. The molecule has 1 aromatic heterocycles. The van der Waals surface area contributed by atoms with Gasteiger partial charge in [0.15, 0.2) is 0 Å². The quantitative estimate of drug-likeness (QED) is 0.645. The second-order valence-corrected chi connectivity index (χ2v) is 2.74. The molecule has 2 nitrogen and oxygen atoms in total. The van der Waals surface area contributed by atoms with E-state index in [0.717, 1.165) is 18.6 Å². The third-order valence-corrected chi connectivity index (χ3v) is 2.09. The molecule has 1 aliphatic rings. The highest BCUT2D eigenvalue weighted by atomic mass is 16.5. The van der Waals surface area contributed by atoms with E-state index in [1.165, 1.54) is 11.3 Å². The second-order valence-electron chi connectivity index (χ2n) is 2.74. The van der Waals surface area contributed by atoms with E-state index in [-0.39, 0.29) is 0 Å². The maximum atomic E-state index is 5.16. The van der Waals surface area contributed by atoms with Crippen molar-refractivity contribution in [3.05, 3.63) is 35.4 Å². The molecule has 0 aromatic carbocycles. The summed E-state index contributed by atoms with van der Waals surface area (Å²) in [7, 11) is 1.72. The Labute approximate surface area is 65.9 Å². The molecule has 0 bridgehead atoms. The van der Waals surface area contributed by atoms with Gasteiger partial charge in [-0.1, -0.05) is 0 Å². The number of rotatable bonds is 1. The predicted molar refractivity (Wildman–Crippen MR) is 43.3 cm³/mol. The van der Waals surface area contributed by atoms with Gasteiger partial charge in [-0.15, -0.1) is 0 Å². The van der Waals surface area contributed by atoms with Crippen molar-refractivity contribution in [2.45, 2.75) is 12.8 Å². The summed E-state index contributed by atoms with van der Waals surface area (Å²) >= 11 is 0. The maximum absolute atomic E-state index is 5.16. The number of methoxy groups -OCH3 is 1. The number of aromatic amines is 1. The Hall–Kier alpha value is -1.18. The van der Waals surface area contributed by atoms with Gasteiger partial charge in [0.25, 0.3) is 0 Å². The third-order valence-electron chi connectivity index (χ3n) is 2.09. The fourth-order valence-corrected chi connectivity index (χ4v) is 1.42. The molecule has 1 N–H and O–H groups in total. The monoisotopic (exact) mass is 149 g/mol. The number of hydrogen-bond acceptors (Lipinski definition) is 1. The van der Waals surface area contributed by atoms with E-state index in [4.69, 9.17) is 4.74 Å². The first-order valence-electron chi connectivity index (χ1n) is 3.78. The van der Waals surface area contributed by atoms with Crippen molar-refractivity contribution in [3.63, 3.8) is 0 Å². The zero-order chi connectivity index (χ0) is 7.68. The van der Waals surface area contributed by atoms with Crippen molar-refractivity contribution >= 4 is 0 Å². The fraction of sp³-hybridized carbons (Fsp3) is 0.333. The minimum absolute atomic E-state index is 0.916. The van der Waals surface area contributed by atoms with Crippen LogP contribution in [0.3, 0.4) is 0 Å². The van der Waals surface area contributed by atoms with Gasteiger partial charge in [-0.2, -0.15) is 0 Å². The van der Waals surface area contributed by atoms with Crippen LogP contribution in [0.1, 0.15) is 11.3 Å². The van der Waals surface area contributed by atoms with Crippen LogP contribution in [0.2, 0.25) is 0 Å². The van der Waals surface area contributed by atoms with E-state index in [1.54, 1.807) is 7.11 Å². The molecule has 2 rings (SSSR count). The van der Waals surface area contributed by atoms with Crippen LogP contribution in [-0.2, 0) is 17.6 Å². The summed E-state index contributed by atoms with van der Waals surface area (Å²) in [6.45, 7) is 0. The van der Waals surface area contributed by atoms with Crippen LogP contribution in [0, 0.1) is 0 Å². The van der Waals surface area contributed by atoms with E-state index in [2.05, 4.69) is 17.1 Å². The number of aromatic nitrogens is 1. The van der Waals surface area contributed by atoms with Crippen LogP contribution in [0.5, 0.6) is 0 Å². The van der Waals surface area contributed by atoms with Gasteiger partial charge in [-0.3, -0.25) is 0 Å². The fourth-order valence-electron chi connectivity index (χ4n) is 1.42. The van der Waals surface area contributed by atoms with Gasteiger partial charge in [0.1, 0.15) is 0 Å². The third kappa shape index (κ3) is 1.04. The van der Waals surface area contributed by atoms with Gasteiger partial charge in [-0.25, -0.2) is 0 Å². The van der Waals surface area contributed by atoms with E-state index in [0.29, 0.717) is 0 Å². The Kier molecular flexibility index (Phi) is 1.46. The second kappa shape index (κ2) is 2.46. The Morgan fingerprint density at radius 1 is 1.55 bits per heavy atom. The van der Waals surface area contributed by atoms with E-state index in [1.807, 2.05) is 6.20 Å².